The van der Waals surface area contributed by atoms with Gasteiger partial charge in [0.25, 0.3) is 5.91 Å². The minimum atomic E-state index is -1.43. The summed E-state index contributed by atoms with van der Waals surface area (Å²) in [6, 6.07) is 13.0. The maximum Gasteiger partial charge on any atom is 0.327 e. The Labute approximate surface area is 192 Å². The molecule has 0 aliphatic carbocycles. The smallest absolute Gasteiger partial charge is 0.327 e. The van der Waals surface area contributed by atoms with Crippen LogP contribution in [-0.4, -0.2) is 38.2 Å². The van der Waals surface area contributed by atoms with Crippen molar-refractivity contribution in [1.82, 2.24) is 4.90 Å². The van der Waals surface area contributed by atoms with Gasteiger partial charge in [-0.25, -0.2) is 4.79 Å². The highest BCUT2D eigenvalue weighted by atomic mass is 35.5. The number of amides is 2. The van der Waals surface area contributed by atoms with Crippen LogP contribution in [0.1, 0.15) is 17.5 Å². The number of nitrogens with zero attached hydrogens (tertiary/aromatic N) is 1. The predicted octanol–water partition coefficient (Wildman–Crippen LogP) is 3.45. The van der Waals surface area contributed by atoms with E-state index in [1.807, 2.05) is 12.1 Å². The van der Waals surface area contributed by atoms with Crippen molar-refractivity contribution >= 4 is 63.8 Å². The van der Waals surface area contributed by atoms with Crippen LogP contribution < -0.4 is 10.5 Å². The first-order valence-corrected chi connectivity index (χ1v) is 10.6. The lowest BCUT2D eigenvalue weighted by atomic mass is 10.1. The van der Waals surface area contributed by atoms with Gasteiger partial charge in [-0.1, -0.05) is 59.8 Å². The second kappa shape index (κ2) is 9.95. The molecule has 1 fully saturated rings. The third kappa shape index (κ3) is 5.84. The van der Waals surface area contributed by atoms with Crippen molar-refractivity contribution in [3.63, 3.8) is 0 Å². The van der Waals surface area contributed by atoms with Gasteiger partial charge in [-0.05, 0) is 41.5 Å². The summed E-state index contributed by atoms with van der Waals surface area (Å²) in [4.78, 5) is 36.5. The maximum atomic E-state index is 12.7. The molecule has 2 amide bonds. The van der Waals surface area contributed by atoms with Gasteiger partial charge in [0.05, 0.1) is 11.3 Å². The van der Waals surface area contributed by atoms with Crippen molar-refractivity contribution < 1.29 is 24.2 Å². The number of benzene rings is 2. The molecule has 10 heteroatoms. The molecule has 160 valence electrons. The molecule has 3 rings (SSSR count). The molecule has 1 aliphatic heterocycles. The number of thiocarbonyl (C=S) groups is 1. The van der Waals surface area contributed by atoms with E-state index in [4.69, 9.17) is 34.3 Å². The van der Waals surface area contributed by atoms with Crippen LogP contribution in [0.15, 0.2) is 53.4 Å². The predicted molar refractivity (Wildman–Crippen MR) is 122 cm³/mol. The Balaban J connectivity index is 1.69. The fourth-order valence-corrected chi connectivity index (χ4v) is 4.27. The SMILES string of the molecule is NC(=O)CC(C(=O)O)N1C(=O)/C(=C/c2ccc(OCc3ccc(Cl)cc3)cc2)SC1=S. The van der Waals surface area contributed by atoms with Gasteiger partial charge in [-0.3, -0.25) is 14.5 Å². The number of carbonyl (C=O) groups is 3. The molecule has 7 nitrogen and oxygen atoms in total. The van der Waals surface area contributed by atoms with Crippen LogP contribution in [0.4, 0.5) is 0 Å². The highest BCUT2D eigenvalue weighted by Crippen LogP contribution is 2.34. The number of ether oxygens (including phenoxy) is 1. The second-order valence-corrected chi connectivity index (χ2v) is 8.67. The zero-order valence-corrected chi connectivity index (χ0v) is 18.4. The van der Waals surface area contributed by atoms with Gasteiger partial charge < -0.3 is 15.6 Å². The normalized spacial score (nSPS) is 15.9. The Bertz CT molecular complexity index is 1050. The number of nitrogens with two attached hydrogens (primary N) is 1. The molecule has 0 aromatic heterocycles. The van der Waals surface area contributed by atoms with Crippen LogP contribution in [0.2, 0.25) is 5.02 Å². The Morgan fingerprint density at radius 1 is 1.19 bits per heavy atom. The maximum absolute atomic E-state index is 12.7. The van der Waals surface area contributed by atoms with Crippen LogP contribution in [-0.2, 0) is 21.0 Å². The lowest BCUT2D eigenvalue weighted by molar-refractivity contribution is -0.146. The number of rotatable bonds is 8. The van der Waals surface area contributed by atoms with Crippen molar-refractivity contribution in [1.29, 1.82) is 0 Å². The van der Waals surface area contributed by atoms with E-state index in [-0.39, 0.29) is 9.23 Å². The number of aliphatic carboxylic acids is 1. The Kier molecular flexibility index (Phi) is 7.32. The molecule has 2 aromatic rings. The Hall–Kier alpha value is -2.88. The molecule has 1 atom stereocenters. The van der Waals surface area contributed by atoms with E-state index < -0.39 is 30.2 Å². The minimum Gasteiger partial charge on any atom is -0.489 e. The molecule has 0 bridgehead atoms. The fraction of sp³-hybridized carbons (Fsp3) is 0.143. The largest absolute Gasteiger partial charge is 0.489 e. The summed E-state index contributed by atoms with van der Waals surface area (Å²) in [6.07, 6.45) is 1.08. The molecule has 3 N–H and O–H groups in total. The molecular formula is C21H17ClN2O5S2. The number of thioether (sulfide) groups is 1. The van der Waals surface area contributed by atoms with Crippen molar-refractivity contribution in [2.45, 2.75) is 19.1 Å². The lowest BCUT2D eigenvalue weighted by Gasteiger charge is -2.21. The molecule has 1 saturated heterocycles. The van der Waals surface area contributed by atoms with E-state index in [9.17, 15) is 19.5 Å². The number of carboxylic acid groups (broad SMARTS) is 1. The lowest BCUT2D eigenvalue weighted by Crippen LogP contribution is -2.46. The topological polar surface area (TPSA) is 110 Å². The zero-order valence-electron chi connectivity index (χ0n) is 16.0. The summed E-state index contributed by atoms with van der Waals surface area (Å²) < 4.78 is 5.80. The molecule has 1 heterocycles. The van der Waals surface area contributed by atoms with Gasteiger partial charge in [0, 0.05) is 5.02 Å². The highest BCUT2D eigenvalue weighted by Gasteiger charge is 2.41. The summed E-state index contributed by atoms with van der Waals surface area (Å²) in [7, 11) is 0. The van der Waals surface area contributed by atoms with E-state index in [0.29, 0.717) is 22.9 Å². The van der Waals surface area contributed by atoms with Crippen LogP contribution in [0.5, 0.6) is 5.75 Å². The molecule has 2 aromatic carbocycles. The monoisotopic (exact) mass is 476 g/mol. The number of halogens is 1. The van der Waals surface area contributed by atoms with E-state index >= 15 is 0 Å². The van der Waals surface area contributed by atoms with Crippen LogP contribution in [0.3, 0.4) is 0 Å². The zero-order chi connectivity index (χ0) is 22.5. The number of hydrogen-bond acceptors (Lipinski definition) is 6. The summed E-state index contributed by atoms with van der Waals surface area (Å²) in [5, 5.41) is 10.0. The van der Waals surface area contributed by atoms with Crippen molar-refractivity contribution in [2.75, 3.05) is 0 Å². The van der Waals surface area contributed by atoms with E-state index in [1.165, 1.54) is 0 Å². The van der Waals surface area contributed by atoms with Gasteiger partial charge in [-0.15, -0.1) is 0 Å². The first-order chi connectivity index (χ1) is 14.7. The standard InChI is InChI=1S/C21H17ClN2O5S2/c22-14-5-1-13(2-6-14)11-29-15-7-3-12(4-8-15)9-17-19(26)24(21(30)31-17)16(20(27)28)10-18(23)25/h1-9,16H,10-11H2,(H2,23,25)(H,27,28)/b17-9-. The molecular weight excluding hydrogens is 460 g/mol. The van der Waals surface area contributed by atoms with Crippen molar-refractivity contribution in [3.05, 3.63) is 69.6 Å². The van der Waals surface area contributed by atoms with Crippen LogP contribution in [0, 0.1) is 0 Å². The molecule has 0 saturated carbocycles. The fourth-order valence-electron chi connectivity index (χ4n) is 2.79. The van der Waals surface area contributed by atoms with Gasteiger partial charge in [0.2, 0.25) is 5.91 Å². The van der Waals surface area contributed by atoms with Crippen molar-refractivity contribution in [2.24, 2.45) is 5.73 Å². The van der Waals surface area contributed by atoms with E-state index in [2.05, 4.69) is 0 Å². The molecule has 31 heavy (non-hydrogen) atoms. The Morgan fingerprint density at radius 2 is 1.84 bits per heavy atom. The summed E-state index contributed by atoms with van der Waals surface area (Å²) in [5.74, 6) is -2.11. The van der Waals surface area contributed by atoms with E-state index in [0.717, 1.165) is 22.2 Å². The van der Waals surface area contributed by atoms with Crippen molar-refractivity contribution in [3.8, 4) is 5.75 Å². The van der Waals surface area contributed by atoms with Crippen LogP contribution in [0.25, 0.3) is 6.08 Å². The van der Waals surface area contributed by atoms with Gasteiger partial charge in [0.1, 0.15) is 22.7 Å². The molecule has 1 unspecified atom stereocenters. The average molecular weight is 477 g/mol. The number of hydrogen-bond donors (Lipinski definition) is 2. The molecule has 1 aliphatic rings. The quantitative estimate of drug-likeness (QED) is 0.443. The second-order valence-electron chi connectivity index (χ2n) is 6.56. The number of primary amides is 1. The summed E-state index contributed by atoms with van der Waals surface area (Å²) >= 11 is 12.0. The minimum absolute atomic E-state index is 0.0628. The first-order valence-electron chi connectivity index (χ1n) is 9.00. The third-order valence-corrected chi connectivity index (χ3v) is 5.89. The first kappa shape index (κ1) is 22.8. The average Bonchev–Trinajstić information content (AvgIpc) is 2.99. The molecule has 0 spiro atoms. The summed E-state index contributed by atoms with van der Waals surface area (Å²) in [5.41, 5.74) is 6.79. The van der Waals surface area contributed by atoms with Crippen LogP contribution >= 0.6 is 35.6 Å². The number of carbonyl (C=O) groups excluding carboxylic acids is 2. The highest BCUT2D eigenvalue weighted by molar-refractivity contribution is 8.26. The van der Waals surface area contributed by atoms with Gasteiger partial charge in [-0.2, -0.15) is 0 Å². The van der Waals surface area contributed by atoms with Gasteiger partial charge >= 0.3 is 5.97 Å². The van der Waals surface area contributed by atoms with E-state index in [1.54, 1.807) is 42.5 Å². The summed E-state index contributed by atoms with van der Waals surface area (Å²) in [6.45, 7) is 0.381. The third-order valence-electron chi connectivity index (χ3n) is 4.31. The number of carboxylic acids is 1. The Morgan fingerprint density at radius 3 is 2.42 bits per heavy atom. The molecule has 0 radical (unpaired) electrons. The van der Waals surface area contributed by atoms with Gasteiger partial charge in [0.15, 0.2) is 0 Å².